The molecule has 0 aliphatic rings. The summed E-state index contributed by atoms with van der Waals surface area (Å²) in [5.74, 6) is -0.851. The van der Waals surface area contributed by atoms with Crippen molar-refractivity contribution < 1.29 is 17.6 Å². The number of hydrogen-bond acceptors (Lipinski definition) is 4. The second kappa shape index (κ2) is 9.55. The maximum absolute atomic E-state index is 13.0. The van der Waals surface area contributed by atoms with Crippen LogP contribution in [-0.4, -0.2) is 20.4 Å². The Morgan fingerprint density at radius 2 is 1.55 bits per heavy atom. The molecule has 3 rings (SSSR count). The standard InChI is InChI=1S/C21H18Cl2FN3O3S/c1-13(21(28)26-19-4-2-3-18(22)20(19)23)25-15-7-9-16(10-8-15)27-31(29,30)17-11-5-14(24)6-12-17/h2-13,25,27H,1H3,(H,26,28). The molecular weight excluding hydrogens is 464 g/mol. The van der Waals surface area contributed by atoms with Gasteiger partial charge in [0.05, 0.1) is 20.6 Å². The molecule has 3 N–H and O–H groups in total. The molecule has 10 heteroatoms. The van der Waals surface area contributed by atoms with E-state index >= 15 is 0 Å². The molecule has 31 heavy (non-hydrogen) atoms. The molecule has 0 spiro atoms. The Hall–Kier alpha value is -2.81. The van der Waals surface area contributed by atoms with Crippen LogP contribution in [0, 0.1) is 5.82 Å². The van der Waals surface area contributed by atoms with Crippen molar-refractivity contribution in [1.82, 2.24) is 0 Å². The summed E-state index contributed by atoms with van der Waals surface area (Å²) in [7, 11) is -3.85. The molecule has 0 saturated heterocycles. The van der Waals surface area contributed by atoms with Crippen molar-refractivity contribution in [3.05, 3.63) is 82.6 Å². The van der Waals surface area contributed by atoms with Crippen LogP contribution in [0.5, 0.6) is 0 Å². The molecule has 0 saturated carbocycles. The highest BCUT2D eigenvalue weighted by Crippen LogP contribution is 2.29. The van der Waals surface area contributed by atoms with Crippen LogP contribution in [0.4, 0.5) is 21.5 Å². The van der Waals surface area contributed by atoms with Crippen molar-refractivity contribution >= 4 is 56.2 Å². The second-order valence-electron chi connectivity index (χ2n) is 6.59. The maximum Gasteiger partial charge on any atom is 0.261 e. The van der Waals surface area contributed by atoms with Gasteiger partial charge in [-0.1, -0.05) is 29.3 Å². The Morgan fingerprint density at radius 3 is 2.19 bits per heavy atom. The Balaban J connectivity index is 1.62. The first kappa shape index (κ1) is 22.9. The molecule has 0 aromatic heterocycles. The van der Waals surface area contributed by atoms with Crippen molar-refractivity contribution in [3.8, 4) is 0 Å². The number of amides is 1. The normalized spacial score (nSPS) is 12.1. The summed E-state index contributed by atoms with van der Waals surface area (Å²) in [4.78, 5) is 12.4. The SMILES string of the molecule is CC(Nc1ccc(NS(=O)(=O)c2ccc(F)cc2)cc1)C(=O)Nc1cccc(Cl)c1Cl. The van der Waals surface area contributed by atoms with Gasteiger partial charge in [0.25, 0.3) is 10.0 Å². The summed E-state index contributed by atoms with van der Waals surface area (Å²) in [6, 6.07) is 15.2. The van der Waals surface area contributed by atoms with Gasteiger partial charge in [0.15, 0.2) is 0 Å². The fraction of sp³-hybridized carbons (Fsp3) is 0.0952. The fourth-order valence-corrected chi connectivity index (χ4v) is 4.03. The van der Waals surface area contributed by atoms with Crippen LogP contribution in [0.15, 0.2) is 71.6 Å². The van der Waals surface area contributed by atoms with E-state index in [0.717, 1.165) is 12.1 Å². The van der Waals surface area contributed by atoms with Gasteiger partial charge >= 0.3 is 0 Å². The Labute approximate surface area is 189 Å². The molecule has 0 aliphatic carbocycles. The largest absolute Gasteiger partial charge is 0.374 e. The first-order valence-electron chi connectivity index (χ1n) is 9.05. The summed E-state index contributed by atoms with van der Waals surface area (Å²) in [5.41, 5.74) is 1.32. The van der Waals surface area contributed by atoms with Gasteiger partial charge in [-0.25, -0.2) is 12.8 Å². The van der Waals surface area contributed by atoms with Gasteiger partial charge in [-0.3, -0.25) is 9.52 Å². The lowest BCUT2D eigenvalue weighted by molar-refractivity contribution is -0.116. The van der Waals surface area contributed by atoms with Crippen LogP contribution in [0.25, 0.3) is 0 Å². The lowest BCUT2D eigenvalue weighted by Crippen LogP contribution is -2.31. The summed E-state index contributed by atoms with van der Waals surface area (Å²) >= 11 is 12.0. The lowest BCUT2D eigenvalue weighted by Gasteiger charge is -2.16. The number of carbonyl (C=O) groups is 1. The van der Waals surface area contributed by atoms with Crippen LogP contribution >= 0.6 is 23.2 Å². The molecule has 0 fully saturated rings. The van der Waals surface area contributed by atoms with Crippen molar-refractivity contribution in [3.63, 3.8) is 0 Å². The third-order valence-corrected chi connectivity index (χ3v) is 6.46. The van der Waals surface area contributed by atoms with E-state index in [1.165, 1.54) is 12.1 Å². The predicted molar refractivity (Wildman–Crippen MR) is 122 cm³/mol. The highest BCUT2D eigenvalue weighted by molar-refractivity contribution is 7.92. The predicted octanol–water partition coefficient (Wildman–Crippen LogP) is 5.37. The molecule has 0 bridgehead atoms. The molecule has 6 nitrogen and oxygen atoms in total. The lowest BCUT2D eigenvalue weighted by atomic mass is 10.2. The van der Waals surface area contributed by atoms with Crippen LogP contribution in [0.3, 0.4) is 0 Å². The monoisotopic (exact) mass is 481 g/mol. The zero-order chi connectivity index (χ0) is 22.6. The van der Waals surface area contributed by atoms with Crippen molar-refractivity contribution in [2.24, 2.45) is 0 Å². The number of hydrogen-bond donors (Lipinski definition) is 3. The molecule has 0 aliphatic heterocycles. The number of rotatable bonds is 7. The van der Waals surface area contributed by atoms with Gasteiger partial charge in [-0.15, -0.1) is 0 Å². The number of carbonyl (C=O) groups excluding carboxylic acids is 1. The zero-order valence-corrected chi connectivity index (χ0v) is 18.5. The molecule has 1 amide bonds. The van der Waals surface area contributed by atoms with E-state index < -0.39 is 21.9 Å². The van der Waals surface area contributed by atoms with E-state index in [4.69, 9.17) is 23.2 Å². The quantitative estimate of drug-likeness (QED) is 0.423. The van der Waals surface area contributed by atoms with Crippen LogP contribution in [0.2, 0.25) is 10.0 Å². The van der Waals surface area contributed by atoms with Gasteiger partial charge in [0, 0.05) is 11.4 Å². The van der Waals surface area contributed by atoms with Gasteiger partial charge in [0.1, 0.15) is 11.9 Å². The topological polar surface area (TPSA) is 87.3 Å². The van der Waals surface area contributed by atoms with Gasteiger partial charge < -0.3 is 10.6 Å². The molecule has 0 radical (unpaired) electrons. The Kier molecular flexibility index (Phi) is 7.04. The number of anilines is 3. The van der Waals surface area contributed by atoms with Crippen LogP contribution in [0.1, 0.15) is 6.92 Å². The minimum Gasteiger partial charge on any atom is -0.374 e. The molecule has 0 heterocycles. The number of benzene rings is 3. The van der Waals surface area contributed by atoms with E-state index in [1.807, 2.05) is 0 Å². The summed E-state index contributed by atoms with van der Waals surface area (Å²) < 4.78 is 40.2. The smallest absolute Gasteiger partial charge is 0.261 e. The molecule has 1 unspecified atom stereocenters. The summed E-state index contributed by atoms with van der Waals surface area (Å²) in [6.07, 6.45) is 0. The summed E-state index contributed by atoms with van der Waals surface area (Å²) in [5, 5.41) is 6.30. The van der Waals surface area contributed by atoms with Crippen molar-refractivity contribution in [2.45, 2.75) is 17.9 Å². The van der Waals surface area contributed by atoms with E-state index in [-0.39, 0.29) is 15.8 Å². The molecule has 3 aromatic rings. The molecule has 1 atom stereocenters. The van der Waals surface area contributed by atoms with E-state index in [9.17, 15) is 17.6 Å². The minimum absolute atomic E-state index is 0.0546. The maximum atomic E-state index is 13.0. The van der Waals surface area contributed by atoms with E-state index in [2.05, 4.69) is 15.4 Å². The van der Waals surface area contributed by atoms with Crippen LogP contribution in [-0.2, 0) is 14.8 Å². The fourth-order valence-electron chi connectivity index (χ4n) is 2.62. The molecule has 3 aromatic carbocycles. The third kappa shape index (κ3) is 5.88. The van der Waals surface area contributed by atoms with Crippen LogP contribution < -0.4 is 15.4 Å². The summed E-state index contributed by atoms with van der Waals surface area (Å²) in [6.45, 7) is 1.67. The van der Waals surface area contributed by atoms with Crippen molar-refractivity contribution in [2.75, 3.05) is 15.4 Å². The minimum atomic E-state index is -3.85. The van der Waals surface area contributed by atoms with E-state index in [1.54, 1.807) is 49.4 Å². The molecule has 162 valence electrons. The Bertz CT molecular complexity index is 1190. The third-order valence-electron chi connectivity index (χ3n) is 4.25. The van der Waals surface area contributed by atoms with Gasteiger partial charge in [0.2, 0.25) is 5.91 Å². The average Bonchev–Trinajstić information content (AvgIpc) is 2.73. The first-order chi connectivity index (χ1) is 14.7. The van der Waals surface area contributed by atoms with Crippen molar-refractivity contribution in [1.29, 1.82) is 0 Å². The molecular formula is C21H18Cl2FN3O3S. The van der Waals surface area contributed by atoms with E-state index in [0.29, 0.717) is 22.1 Å². The van der Waals surface area contributed by atoms with Gasteiger partial charge in [-0.2, -0.15) is 0 Å². The highest BCUT2D eigenvalue weighted by atomic mass is 35.5. The average molecular weight is 482 g/mol. The first-order valence-corrected chi connectivity index (χ1v) is 11.3. The number of nitrogens with one attached hydrogen (secondary N) is 3. The second-order valence-corrected chi connectivity index (χ2v) is 9.06. The number of sulfonamides is 1. The zero-order valence-electron chi connectivity index (χ0n) is 16.2. The number of halogens is 3. The Morgan fingerprint density at radius 1 is 0.935 bits per heavy atom. The van der Waals surface area contributed by atoms with Gasteiger partial charge in [-0.05, 0) is 67.6 Å². The highest BCUT2D eigenvalue weighted by Gasteiger charge is 2.16.